The number of ether oxygens (including phenoxy) is 2. The minimum Gasteiger partial charge on any atom is -0.493 e. The van der Waals surface area contributed by atoms with Gasteiger partial charge in [-0.15, -0.1) is 0 Å². The maximum absolute atomic E-state index is 12.4. The van der Waals surface area contributed by atoms with E-state index in [2.05, 4.69) is 15.4 Å². The zero-order chi connectivity index (χ0) is 21.0. The number of rotatable bonds is 7. The van der Waals surface area contributed by atoms with Gasteiger partial charge in [0.1, 0.15) is 0 Å². The molecule has 0 saturated heterocycles. The maximum Gasteiger partial charge on any atom is 0.252 e. The Hall–Kier alpha value is -3.35. The van der Waals surface area contributed by atoms with E-state index in [4.69, 9.17) is 9.47 Å². The molecule has 7 nitrogen and oxygen atoms in total. The largest absolute Gasteiger partial charge is 0.493 e. The number of nitrogens with one attached hydrogen (secondary N) is 1. The number of nitrogens with zero attached hydrogens (tertiary/aromatic N) is 3. The molecule has 0 aliphatic rings. The van der Waals surface area contributed by atoms with E-state index in [9.17, 15) is 4.79 Å². The average molecular weight is 394 g/mol. The van der Waals surface area contributed by atoms with Crippen LogP contribution >= 0.6 is 0 Å². The second-order valence-corrected chi connectivity index (χ2v) is 6.81. The number of aryl methyl sites for hydroxylation is 1. The Morgan fingerprint density at radius 2 is 1.83 bits per heavy atom. The van der Waals surface area contributed by atoms with Gasteiger partial charge in [0, 0.05) is 18.4 Å². The second-order valence-electron chi connectivity index (χ2n) is 6.81. The Morgan fingerprint density at radius 1 is 1.07 bits per heavy atom. The number of hydrogen-bond donors (Lipinski definition) is 1. The Kier molecular flexibility index (Phi) is 6.16. The molecule has 0 aliphatic carbocycles. The molecular formula is C22H26N4O3. The quantitative estimate of drug-likeness (QED) is 0.666. The molecule has 2 heterocycles. The van der Waals surface area contributed by atoms with Gasteiger partial charge in [-0.1, -0.05) is 6.07 Å². The first-order chi connectivity index (χ1) is 13.9. The molecule has 152 valence electrons. The number of carbonyl (C=O) groups excluding carboxylic acids is 1. The van der Waals surface area contributed by atoms with Gasteiger partial charge in [0.05, 0.1) is 25.5 Å². The smallest absolute Gasteiger partial charge is 0.252 e. The van der Waals surface area contributed by atoms with Crippen LogP contribution in [0, 0.1) is 20.8 Å². The first kappa shape index (κ1) is 20.4. The van der Waals surface area contributed by atoms with Crippen molar-refractivity contribution in [1.29, 1.82) is 0 Å². The number of methoxy groups -OCH3 is 2. The average Bonchev–Trinajstić information content (AvgIpc) is 3.00. The van der Waals surface area contributed by atoms with Gasteiger partial charge >= 0.3 is 0 Å². The predicted octanol–water partition coefficient (Wildman–Crippen LogP) is 3.18. The minimum atomic E-state index is -0.158. The molecule has 0 atom stereocenters. The van der Waals surface area contributed by atoms with E-state index < -0.39 is 0 Å². The summed E-state index contributed by atoms with van der Waals surface area (Å²) in [5.74, 6) is 1.90. The van der Waals surface area contributed by atoms with E-state index in [-0.39, 0.29) is 5.91 Å². The molecule has 0 unspecified atom stereocenters. The molecule has 7 heteroatoms. The third-order valence-electron chi connectivity index (χ3n) is 5.03. The van der Waals surface area contributed by atoms with Crippen molar-refractivity contribution in [3.8, 4) is 17.3 Å². The number of pyridine rings is 1. The summed E-state index contributed by atoms with van der Waals surface area (Å²) in [5, 5.41) is 7.42. The van der Waals surface area contributed by atoms with E-state index in [1.165, 1.54) is 0 Å². The molecule has 3 rings (SSSR count). The molecule has 1 aromatic carbocycles. The highest BCUT2D eigenvalue weighted by Gasteiger charge is 2.12. The van der Waals surface area contributed by atoms with E-state index in [1.54, 1.807) is 31.2 Å². The van der Waals surface area contributed by atoms with Crippen molar-refractivity contribution in [2.24, 2.45) is 0 Å². The minimum absolute atomic E-state index is 0.158. The monoisotopic (exact) mass is 394 g/mol. The fourth-order valence-electron chi connectivity index (χ4n) is 3.05. The summed E-state index contributed by atoms with van der Waals surface area (Å²) in [7, 11) is 3.21. The number of aromatic nitrogens is 3. The summed E-state index contributed by atoms with van der Waals surface area (Å²) in [5.41, 5.74) is 4.72. The van der Waals surface area contributed by atoms with E-state index in [1.807, 2.05) is 45.0 Å². The highest BCUT2D eigenvalue weighted by Crippen LogP contribution is 2.27. The summed E-state index contributed by atoms with van der Waals surface area (Å²) in [6.45, 7) is 6.52. The van der Waals surface area contributed by atoms with Gasteiger partial charge in [-0.2, -0.15) is 5.10 Å². The van der Waals surface area contributed by atoms with Crippen LogP contribution in [0.1, 0.15) is 32.9 Å². The van der Waals surface area contributed by atoms with E-state index in [0.717, 1.165) is 22.5 Å². The van der Waals surface area contributed by atoms with Crippen LogP contribution in [-0.2, 0) is 6.42 Å². The van der Waals surface area contributed by atoms with Crippen LogP contribution in [0.4, 0.5) is 0 Å². The van der Waals surface area contributed by atoms with Crippen LogP contribution in [0.25, 0.3) is 5.82 Å². The van der Waals surface area contributed by atoms with Crippen molar-refractivity contribution in [3.63, 3.8) is 0 Å². The van der Waals surface area contributed by atoms with Crippen LogP contribution in [0.15, 0.2) is 36.5 Å². The van der Waals surface area contributed by atoms with E-state index >= 15 is 0 Å². The zero-order valence-corrected chi connectivity index (χ0v) is 17.4. The normalized spacial score (nSPS) is 10.7. The summed E-state index contributed by atoms with van der Waals surface area (Å²) in [6, 6.07) is 9.30. The van der Waals surface area contributed by atoms with Crippen LogP contribution in [0.5, 0.6) is 11.5 Å². The molecule has 0 spiro atoms. The molecule has 0 fully saturated rings. The van der Waals surface area contributed by atoms with Crippen molar-refractivity contribution in [3.05, 3.63) is 64.6 Å². The number of amides is 1. The molecule has 0 bridgehead atoms. The fraction of sp³-hybridized carbons (Fsp3) is 0.318. The number of hydrogen-bond acceptors (Lipinski definition) is 5. The molecule has 29 heavy (non-hydrogen) atoms. The van der Waals surface area contributed by atoms with Crippen LogP contribution in [-0.4, -0.2) is 41.4 Å². The van der Waals surface area contributed by atoms with Gasteiger partial charge < -0.3 is 14.8 Å². The van der Waals surface area contributed by atoms with Crippen LogP contribution < -0.4 is 14.8 Å². The molecule has 1 N–H and O–H groups in total. The van der Waals surface area contributed by atoms with E-state index in [0.29, 0.717) is 35.8 Å². The van der Waals surface area contributed by atoms with Crippen molar-refractivity contribution >= 4 is 5.91 Å². The molecular weight excluding hydrogens is 368 g/mol. The standard InChI is InChI=1S/C22H26N4O3/c1-14-15(2)25-26(16(14)3)21-9-7-18(13-24-21)22(27)23-11-10-17-6-8-19(28-4)20(12-17)29-5/h6-9,12-13H,10-11H2,1-5H3,(H,23,27). The van der Waals surface area contributed by atoms with Crippen molar-refractivity contribution in [1.82, 2.24) is 20.1 Å². The lowest BCUT2D eigenvalue weighted by Crippen LogP contribution is -2.25. The summed E-state index contributed by atoms with van der Waals surface area (Å²) in [6.07, 6.45) is 2.26. The van der Waals surface area contributed by atoms with Crippen LogP contribution in [0.2, 0.25) is 0 Å². The first-order valence-electron chi connectivity index (χ1n) is 9.43. The highest BCUT2D eigenvalue weighted by atomic mass is 16.5. The van der Waals surface area contributed by atoms with Gasteiger partial charge in [0.2, 0.25) is 0 Å². The third-order valence-corrected chi connectivity index (χ3v) is 5.03. The SMILES string of the molecule is COc1ccc(CCNC(=O)c2ccc(-n3nc(C)c(C)c3C)nc2)cc1OC. The van der Waals surface area contributed by atoms with Crippen LogP contribution in [0.3, 0.4) is 0 Å². The lowest BCUT2D eigenvalue weighted by molar-refractivity contribution is 0.0954. The number of benzene rings is 1. The molecule has 2 aromatic heterocycles. The Morgan fingerprint density at radius 3 is 2.41 bits per heavy atom. The van der Waals surface area contributed by atoms with Gasteiger partial charge in [0.15, 0.2) is 17.3 Å². The predicted molar refractivity (Wildman–Crippen MR) is 111 cm³/mol. The summed E-state index contributed by atoms with van der Waals surface area (Å²) < 4.78 is 12.3. The molecule has 3 aromatic rings. The molecule has 0 aliphatic heterocycles. The third kappa shape index (κ3) is 4.39. The topological polar surface area (TPSA) is 78.3 Å². The van der Waals surface area contributed by atoms with Gasteiger partial charge in [0.25, 0.3) is 5.91 Å². The Bertz CT molecular complexity index is 1010. The lowest BCUT2D eigenvalue weighted by atomic mass is 10.1. The van der Waals surface area contributed by atoms with Crippen molar-refractivity contribution < 1.29 is 14.3 Å². The Balaban J connectivity index is 1.60. The second kappa shape index (κ2) is 8.77. The van der Waals surface area contributed by atoms with Crippen molar-refractivity contribution in [2.75, 3.05) is 20.8 Å². The Labute approximate surface area is 170 Å². The molecule has 0 saturated carbocycles. The summed E-state index contributed by atoms with van der Waals surface area (Å²) in [4.78, 5) is 16.8. The lowest BCUT2D eigenvalue weighted by Gasteiger charge is -2.10. The first-order valence-corrected chi connectivity index (χ1v) is 9.43. The van der Waals surface area contributed by atoms with Crippen molar-refractivity contribution in [2.45, 2.75) is 27.2 Å². The molecule has 0 radical (unpaired) electrons. The highest BCUT2D eigenvalue weighted by molar-refractivity contribution is 5.93. The van der Waals surface area contributed by atoms with Gasteiger partial charge in [-0.3, -0.25) is 4.79 Å². The maximum atomic E-state index is 12.4. The van der Waals surface area contributed by atoms with Gasteiger partial charge in [-0.05, 0) is 62.6 Å². The number of carbonyl (C=O) groups is 1. The zero-order valence-electron chi connectivity index (χ0n) is 17.4. The molecule has 1 amide bonds. The summed E-state index contributed by atoms with van der Waals surface area (Å²) >= 11 is 0. The fourth-order valence-corrected chi connectivity index (χ4v) is 3.05. The van der Waals surface area contributed by atoms with Gasteiger partial charge in [-0.25, -0.2) is 9.67 Å².